The van der Waals surface area contributed by atoms with E-state index in [1.807, 2.05) is 31.2 Å². The first-order chi connectivity index (χ1) is 9.04. The van der Waals surface area contributed by atoms with Crippen LogP contribution in [0.25, 0.3) is 0 Å². The largest absolute Gasteiger partial charge is 0.345 e. The van der Waals surface area contributed by atoms with Gasteiger partial charge in [0, 0.05) is 5.69 Å². The zero-order valence-electron chi connectivity index (χ0n) is 11.6. The molecular weight excluding hydrogens is 240 g/mol. The van der Waals surface area contributed by atoms with Gasteiger partial charge in [-0.2, -0.15) is 0 Å². The molecule has 4 nitrogen and oxygen atoms in total. The van der Waals surface area contributed by atoms with Gasteiger partial charge < -0.3 is 5.32 Å². The number of anilines is 1. The molecule has 1 aliphatic rings. The maximum Gasteiger partial charge on any atom is 0.247 e. The molecule has 1 fully saturated rings. The molecule has 0 saturated carbocycles. The summed E-state index contributed by atoms with van der Waals surface area (Å²) in [6.07, 6.45) is 0.615. The Bertz CT molecular complexity index is 479. The van der Waals surface area contributed by atoms with Gasteiger partial charge in [0.1, 0.15) is 6.04 Å². The highest BCUT2D eigenvalue weighted by Crippen LogP contribution is 2.24. The topological polar surface area (TPSA) is 49.4 Å². The molecule has 4 heteroatoms. The molecule has 1 saturated heterocycles. The quantitative estimate of drug-likeness (QED) is 0.904. The van der Waals surface area contributed by atoms with E-state index in [0.717, 1.165) is 5.69 Å². The van der Waals surface area contributed by atoms with Crippen LogP contribution in [-0.2, 0) is 9.59 Å². The first kappa shape index (κ1) is 13.6. The van der Waals surface area contributed by atoms with Gasteiger partial charge in [-0.25, -0.2) is 0 Å². The molecule has 1 unspecified atom stereocenters. The van der Waals surface area contributed by atoms with Crippen molar-refractivity contribution in [3.05, 3.63) is 29.8 Å². The first-order valence-electron chi connectivity index (χ1n) is 6.74. The van der Waals surface area contributed by atoms with E-state index >= 15 is 0 Å². The maximum absolute atomic E-state index is 12.0. The lowest BCUT2D eigenvalue weighted by Crippen LogP contribution is -2.58. The van der Waals surface area contributed by atoms with Gasteiger partial charge in [0.05, 0.1) is 6.54 Å². The molecule has 1 heterocycles. The molecule has 1 atom stereocenters. The lowest BCUT2D eigenvalue weighted by atomic mass is 10.0. The Morgan fingerprint density at radius 1 is 1.26 bits per heavy atom. The summed E-state index contributed by atoms with van der Waals surface area (Å²) in [5.41, 5.74) is 2.03. The molecule has 0 bridgehead atoms. The Kier molecular flexibility index (Phi) is 3.88. The van der Waals surface area contributed by atoms with Crippen molar-refractivity contribution >= 4 is 17.5 Å². The summed E-state index contributed by atoms with van der Waals surface area (Å²) in [4.78, 5) is 25.5. The highest BCUT2D eigenvalue weighted by Gasteiger charge is 2.33. The van der Waals surface area contributed by atoms with E-state index in [4.69, 9.17) is 0 Å². The van der Waals surface area contributed by atoms with E-state index in [0.29, 0.717) is 12.3 Å². The molecule has 0 radical (unpaired) electrons. The molecule has 1 aliphatic heterocycles. The average Bonchev–Trinajstić information content (AvgIpc) is 2.41. The zero-order chi connectivity index (χ0) is 14.0. The van der Waals surface area contributed by atoms with E-state index in [1.54, 1.807) is 4.90 Å². The van der Waals surface area contributed by atoms with Gasteiger partial charge in [-0.05, 0) is 30.0 Å². The van der Waals surface area contributed by atoms with Crippen LogP contribution in [0.5, 0.6) is 0 Å². The van der Waals surface area contributed by atoms with Crippen LogP contribution >= 0.6 is 0 Å². The summed E-state index contributed by atoms with van der Waals surface area (Å²) in [6, 6.07) is 7.49. The molecule has 2 rings (SSSR count). The van der Waals surface area contributed by atoms with Crippen molar-refractivity contribution < 1.29 is 9.59 Å². The van der Waals surface area contributed by atoms with E-state index in [-0.39, 0.29) is 18.4 Å². The van der Waals surface area contributed by atoms with Crippen LogP contribution < -0.4 is 10.2 Å². The lowest BCUT2D eigenvalue weighted by molar-refractivity contribution is -0.131. The van der Waals surface area contributed by atoms with Gasteiger partial charge in [0.2, 0.25) is 11.8 Å². The fourth-order valence-electron chi connectivity index (χ4n) is 2.37. The molecular formula is C15H20N2O2. The van der Waals surface area contributed by atoms with E-state index in [9.17, 15) is 9.59 Å². The van der Waals surface area contributed by atoms with Crippen molar-refractivity contribution in [1.82, 2.24) is 5.32 Å². The summed E-state index contributed by atoms with van der Waals surface area (Å²) in [6.45, 7) is 6.26. The number of carbonyl (C=O) groups excluding carboxylic acids is 2. The average molecular weight is 260 g/mol. The highest BCUT2D eigenvalue weighted by atomic mass is 16.2. The Labute approximate surface area is 113 Å². The number of carbonyl (C=O) groups is 2. The summed E-state index contributed by atoms with van der Waals surface area (Å²) in [7, 11) is 0. The minimum Gasteiger partial charge on any atom is -0.345 e. The molecule has 0 aromatic heterocycles. The third-order valence-electron chi connectivity index (χ3n) is 3.52. The van der Waals surface area contributed by atoms with Crippen molar-refractivity contribution in [2.45, 2.75) is 39.2 Å². The Hall–Kier alpha value is -1.84. The highest BCUT2D eigenvalue weighted by molar-refractivity contribution is 6.06. The summed E-state index contributed by atoms with van der Waals surface area (Å²) in [5.74, 6) is 0.329. The van der Waals surface area contributed by atoms with Gasteiger partial charge in [0.25, 0.3) is 0 Å². The van der Waals surface area contributed by atoms with Crippen LogP contribution in [0.2, 0.25) is 0 Å². The molecule has 102 valence electrons. The van der Waals surface area contributed by atoms with Crippen LogP contribution in [0.3, 0.4) is 0 Å². The van der Waals surface area contributed by atoms with Gasteiger partial charge in [-0.1, -0.05) is 32.9 Å². The lowest BCUT2D eigenvalue weighted by Gasteiger charge is -2.34. The Morgan fingerprint density at radius 2 is 1.89 bits per heavy atom. The number of piperazine rings is 1. The fraction of sp³-hybridized carbons (Fsp3) is 0.467. The summed E-state index contributed by atoms with van der Waals surface area (Å²) in [5, 5.41) is 2.63. The van der Waals surface area contributed by atoms with Crippen molar-refractivity contribution in [2.24, 2.45) is 0 Å². The fourth-order valence-corrected chi connectivity index (χ4v) is 2.37. The zero-order valence-corrected chi connectivity index (χ0v) is 11.6. The third-order valence-corrected chi connectivity index (χ3v) is 3.52. The predicted octanol–water partition coefficient (Wildman–Crippen LogP) is 2.05. The molecule has 1 N–H and O–H groups in total. The molecule has 19 heavy (non-hydrogen) atoms. The maximum atomic E-state index is 12.0. The van der Waals surface area contributed by atoms with E-state index in [2.05, 4.69) is 19.2 Å². The standard InChI is InChI=1S/C15H20N2O2/c1-4-13-15(19)16-9-14(18)17(13)12-7-5-11(6-8-12)10(2)3/h5-8,10,13H,4,9H2,1-3H3,(H,16,19). The van der Waals surface area contributed by atoms with Crippen molar-refractivity contribution in [2.75, 3.05) is 11.4 Å². The number of nitrogens with zero attached hydrogens (tertiary/aromatic N) is 1. The summed E-state index contributed by atoms with van der Waals surface area (Å²) >= 11 is 0. The number of hydrogen-bond donors (Lipinski definition) is 1. The predicted molar refractivity (Wildman–Crippen MR) is 75.1 cm³/mol. The van der Waals surface area contributed by atoms with Crippen LogP contribution in [0.4, 0.5) is 5.69 Å². The van der Waals surface area contributed by atoms with Gasteiger partial charge in [0.15, 0.2) is 0 Å². The smallest absolute Gasteiger partial charge is 0.247 e. The molecule has 0 spiro atoms. The molecule has 2 amide bonds. The van der Waals surface area contributed by atoms with Gasteiger partial charge in [-0.3, -0.25) is 14.5 Å². The van der Waals surface area contributed by atoms with Crippen LogP contribution in [0.15, 0.2) is 24.3 Å². The SMILES string of the molecule is CCC1C(=O)NCC(=O)N1c1ccc(C(C)C)cc1. The van der Waals surface area contributed by atoms with Crippen molar-refractivity contribution in [1.29, 1.82) is 0 Å². The minimum atomic E-state index is -0.397. The number of amides is 2. The first-order valence-corrected chi connectivity index (χ1v) is 6.74. The van der Waals surface area contributed by atoms with E-state index < -0.39 is 6.04 Å². The molecule has 1 aromatic rings. The number of benzene rings is 1. The normalized spacial score (nSPS) is 19.8. The van der Waals surface area contributed by atoms with Crippen LogP contribution in [0, 0.1) is 0 Å². The number of hydrogen-bond acceptors (Lipinski definition) is 2. The molecule has 0 aliphatic carbocycles. The van der Waals surface area contributed by atoms with Gasteiger partial charge >= 0.3 is 0 Å². The second-order valence-electron chi connectivity index (χ2n) is 5.15. The number of rotatable bonds is 3. The van der Waals surface area contributed by atoms with Crippen LogP contribution in [-0.4, -0.2) is 24.4 Å². The summed E-state index contributed by atoms with van der Waals surface area (Å²) < 4.78 is 0. The third kappa shape index (κ3) is 2.62. The van der Waals surface area contributed by atoms with Gasteiger partial charge in [-0.15, -0.1) is 0 Å². The van der Waals surface area contributed by atoms with Crippen molar-refractivity contribution in [3.63, 3.8) is 0 Å². The second kappa shape index (κ2) is 5.43. The number of nitrogens with one attached hydrogen (secondary N) is 1. The van der Waals surface area contributed by atoms with Crippen LogP contribution in [0.1, 0.15) is 38.7 Å². The van der Waals surface area contributed by atoms with Crippen molar-refractivity contribution in [3.8, 4) is 0 Å². The Morgan fingerprint density at radius 3 is 2.42 bits per heavy atom. The second-order valence-corrected chi connectivity index (χ2v) is 5.15. The Balaban J connectivity index is 2.31. The minimum absolute atomic E-state index is 0.0521. The monoisotopic (exact) mass is 260 g/mol. The van der Waals surface area contributed by atoms with E-state index in [1.165, 1.54) is 5.56 Å². The molecule has 1 aromatic carbocycles.